The average Bonchev–Trinajstić information content (AvgIpc) is 2.59. The van der Waals surface area contributed by atoms with Crippen molar-refractivity contribution in [3.05, 3.63) is 34.2 Å². The van der Waals surface area contributed by atoms with E-state index in [0.717, 1.165) is 28.5 Å². The molecule has 0 spiro atoms. The molecule has 2 heteroatoms. The zero-order valence-corrected chi connectivity index (χ0v) is 9.15. The van der Waals surface area contributed by atoms with Crippen LogP contribution in [-0.4, -0.2) is 6.29 Å². The Bertz CT molecular complexity index is 482. The molecule has 1 heterocycles. The van der Waals surface area contributed by atoms with E-state index in [0.29, 0.717) is 0 Å². The van der Waals surface area contributed by atoms with E-state index < -0.39 is 0 Å². The van der Waals surface area contributed by atoms with E-state index in [1.807, 2.05) is 0 Å². The number of carbonyl (C=O) groups excluding carboxylic acids is 1. The summed E-state index contributed by atoms with van der Waals surface area (Å²) in [5, 5.41) is 3.33. The number of carbonyl (C=O) groups is 1. The molecule has 0 saturated heterocycles. The standard InChI is InChI=1S/C12H12OS/c1-3-9-4-5-10-8(2)7-14-12(10)11(9)6-13/h4-7H,3H2,1-2H3. The van der Waals surface area contributed by atoms with E-state index in [4.69, 9.17) is 0 Å². The highest BCUT2D eigenvalue weighted by atomic mass is 32.1. The predicted octanol–water partition coefficient (Wildman–Crippen LogP) is 3.58. The van der Waals surface area contributed by atoms with Gasteiger partial charge in [-0.15, -0.1) is 11.3 Å². The Hall–Kier alpha value is -1.15. The summed E-state index contributed by atoms with van der Waals surface area (Å²) in [4.78, 5) is 11.0. The van der Waals surface area contributed by atoms with Gasteiger partial charge in [-0.1, -0.05) is 19.1 Å². The Balaban J connectivity index is 2.84. The molecule has 2 rings (SSSR count). The highest BCUT2D eigenvalue weighted by Gasteiger charge is 2.08. The van der Waals surface area contributed by atoms with Gasteiger partial charge in [0.1, 0.15) is 0 Å². The van der Waals surface area contributed by atoms with E-state index in [2.05, 4.69) is 31.4 Å². The van der Waals surface area contributed by atoms with Crippen molar-refractivity contribution in [1.29, 1.82) is 0 Å². The SMILES string of the molecule is CCc1ccc2c(C)csc2c1C=O. The van der Waals surface area contributed by atoms with Crippen LogP contribution < -0.4 is 0 Å². The summed E-state index contributed by atoms with van der Waals surface area (Å²) in [6, 6.07) is 4.18. The first-order chi connectivity index (χ1) is 6.77. The number of fused-ring (bicyclic) bond motifs is 1. The van der Waals surface area contributed by atoms with Crippen LogP contribution >= 0.6 is 11.3 Å². The highest BCUT2D eigenvalue weighted by molar-refractivity contribution is 7.17. The van der Waals surface area contributed by atoms with Gasteiger partial charge in [0.2, 0.25) is 0 Å². The lowest BCUT2D eigenvalue weighted by molar-refractivity contribution is 0.112. The molecule has 1 aromatic carbocycles. The van der Waals surface area contributed by atoms with Crippen molar-refractivity contribution >= 4 is 27.7 Å². The summed E-state index contributed by atoms with van der Waals surface area (Å²) in [6.07, 6.45) is 1.90. The molecule has 0 aliphatic heterocycles. The molecule has 0 bridgehead atoms. The van der Waals surface area contributed by atoms with Gasteiger partial charge < -0.3 is 0 Å². The summed E-state index contributed by atoms with van der Waals surface area (Å²) in [6.45, 7) is 4.16. The van der Waals surface area contributed by atoms with Crippen LogP contribution in [0.25, 0.3) is 10.1 Å². The Morgan fingerprint density at radius 2 is 2.21 bits per heavy atom. The van der Waals surface area contributed by atoms with E-state index in [1.165, 1.54) is 10.9 Å². The van der Waals surface area contributed by atoms with Crippen LogP contribution in [0.1, 0.15) is 28.4 Å². The molecule has 0 saturated carbocycles. The maximum atomic E-state index is 11.0. The first kappa shape index (κ1) is 9.41. The Morgan fingerprint density at radius 1 is 1.43 bits per heavy atom. The minimum atomic E-state index is 0.878. The first-order valence-electron chi connectivity index (χ1n) is 4.72. The van der Waals surface area contributed by atoms with Gasteiger partial charge >= 0.3 is 0 Å². The zero-order valence-electron chi connectivity index (χ0n) is 8.33. The monoisotopic (exact) mass is 204 g/mol. The Morgan fingerprint density at radius 3 is 2.86 bits per heavy atom. The molecular weight excluding hydrogens is 192 g/mol. The molecule has 0 atom stereocenters. The minimum absolute atomic E-state index is 0.878. The Kier molecular flexibility index (Phi) is 2.38. The number of hydrogen-bond acceptors (Lipinski definition) is 2. The molecule has 0 fully saturated rings. The van der Waals surface area contributed by atoms with Crippen molar-refractivity contribution in [2.75, 3.05) is 0 Å². The third kappa shape index (κ3) is 1.26. The largest absolute Gasteiger partial charge is 0.298 e. The number of aldehydes is 1. The van der Waals surface area contributed by atoms with E-state index in [1.54, 1.807) is 11.3 Å². The Labute approximate surface area is 87.4 Å². The van der Waals surface area contributed by atoms with E-state index in [-0.39, 0.29) is 0 Å². The maximum Gasteiger partial charge on any atom is 0.151 e. The third-order valence-corrected chi connectivity index (χ3v) is 3.71. The second kappa shape index (κ2) is 3.54. The lowest BCUT2D eigenvalue weighted by Crippen LogP contribution is -1.90. The van der Waals surface area contributed by atoms with Crippen LogP contribution in [0.3, 0.4) is 0 Å². The molecule has 0 aliphatic carbocycles. The zero-order chi connectivity index (χ0) is 10.1. The van der Waals surface area contributed by atoms with Crippen LogP contribution in [0.2, 0.25) is 0 Å². The lowest BCUT2D eigenvalue weighted by atomic mass is 10.0. The first-order valence-corrected chi connectivity index (χ1v) is 5.60. The number of aryl methyl sites for hydroxylation is 2. The topological polar surface area (TPSA) is 17.1 Å². The van der Waals surface area contributed by atoms with E-state index in [9.17, 15) is 4.79 Å². The van der Waals surface area contributed by atoms with Crippen LogP contribution in [0.4, 0.5) is 0 Å². The quantitative estimate of drug-likeness (QED) is 0.683. The summed E-state index contributed by atoms with van der Waals surface area (Å²) in [7, 11) is 0. The lowest BCUT2D eigenvalue weighted by Gasteiger charge is -2.02. The number of hydrogen-bond donors (Lipinski definition) is 0. The molecule has 0 N–H and O–H groups in total. The second-order valence-electron chi connectivity index (χ2n) is 3.41. The molecule has 72 valence electrons. The van der Waals surface area contributed by atoms with Gasteiger partial charge in [0.25, 0.3) is 0 Å². The maximum absolute atomic E-state index is 11.0. The smallest absolute Gasteiger partial charge is 0.151 e. The van der Waals surface area contributed by atoms with Gasteiger partial charge in [0.15, 0.2) is 6.29 Å². The van der Waals surface area contributed by atoms with E-state index >= 15 is 0 Å². The van der Waals surface area contributed by atoms with Crippen LogP contribution in [0, 0.1) is 6.92 Å². The van der Waals surface area contributed by atoms with Crippen LogP contribution in [0.15, 0.2) is 17.5 Å². The fraction of sp³-hybridized carbons (Fsp3) is 0.250. The second-order valence-corrected chi connectivity index (χ2v) is 4.28. The molecule has 0 unspecified atom stereocenters. The normalized spacial score (nSPS) is 10.7. The highest BCUT2D eigenvalue weighted by Crippen LogP contribution is 2.29. The number of benzene rings is 1. The van der Waals surface area contributed by atoms with Crippen molar-refractivity contribution < 1.29 is 4.79 Å². The third-order valence-electron chi connectivity index (χ3n) is 2.56. The van der Waals surface area contributed by atoms with Crippen molar-refractivity contribution in [1.82, 2.24) is 0 Å². The molecule has 0 radical (unpaired) electrons. The minimum Gasteiger partial charge on any atom is -0.298 e. The van der Waals surface area contributed by atoms with Gasteiger partial charge in [-0.25, -0.2) is 0 Å². The molecule has 2 aromatic rings. The summed E-state index contributed by atoms with van der Waals surface area (Å²) in [5.74, 6) is 0. The summed E-state index contributed by atoms with van der Waals surface area (Å²) >= 11 is 1.66. The van der Waals surface area contributed by atoms with Gasteiger partial charge in [0.05, 0.1) is 0 Å². The van der Waals surface area contributed by atoms with Crippen molar-refractivity contribution in [2.24, 2.45) is 0 Å². The molecule has 0 amide bonds. The van der Waals surface area contributed by atoms with Gasteiger partial charge in [-0.3, -0.25) is 4.79 Å². The molecule has 0 aliphatic rings. The molecule has 1 nitrogen and oxygen atoms in total. The van der Waals surface area contributed by atoms with Gasteiger partial charge in [-0.05, 0) is 35.2 Å². The van der Waals surface area contributed by atoms with Crippen molar-refractivity contribution in [3.8, 4) is 0 Å². The fourth-order valence-electron chi connectivity index (χ4n) is 1.73. The number of rotatable bonds is 2. The molecular formula is C12H12OS. The molecule has 14 heavy (non-hydrogen) atoms. The van der Waals surface area contributed by atoms with Crippen LogP contribution in [-0.2, 0) is 6.42 Å². The van der Waals surface area contributed by atoms with Crippen LogP contribution in [0.5, 0.6) is 0 Å². The predicted molar refractivity (Wildman–Crippen MR) is 61.3 cm³/mol. The average molecular weight is 204 g/mol. The van der Waals surface area contributed by atoms with Crippen molar-refractivity contribution in [3.63, 3.8) is 0 Å². The summed E-state index contributed by atoms with van der Waals surface area (Å²) in [5.41, 5.74) is 3.29. The van der Waals surface area contributed by atoms with Gasteiger partial charge in [-0.2, -0.15) is 0 Å². The van der Waals surface area contributed by atoms with Crippen molar-refractivity contribution in [2.45, 2.75) is 20.3 Å². The van der Waals surface area contributed by atoms with Gasteiger partial charge in [0, 0.05) is 10.3 Å². The molecule has 1 aromatic heterocycles. The number of thiophene rings is 1. The summed E-state index contributed by atoms with van der Waals surface area (Å²) < 4.78 is 1.14. The fourth-order valence-corrected chi connectivity index (χ4v) is 2.81.